The van der Waals surface area contributed by atoms with Crippen molar-refractivity contribution >= 4 is 11.6 Å². The van der Waals surface area contributed by atoms with E-state index in [1.807, 2.05) is 25.1 Å². The van der Waals surface area contributed by atoms with Gasteiger partial charge in [0.15, 0.2) is 0 Å². The van der Waals surface area contributed by atoms with Crippen molar-refractivity contribution < 1.29 is 0 Å². The Morgan fingerprint density at radius 1 is 1.27 bits per heavy atom. The lowest BCUT2D eigenvalue weighted by atomic mass is 10.3. The topological polar surface area (TPSA) is 41.1 Å². The lowest BCUT2D eigenvalue weighted by Gasteiger charge is -2.14. The summed E-state index contributed by atoms with van der Waals surface area (Å²) >= 11 is 0. The zero-order valence-corrected chi connectivity index (χ0v) is 10.0. The van der Waals surface area contributed by atoms with Gasteiger partial charge in [0.25, 0.3) is 0 Å². The SMILES string of the molecule is CCCc1nc(NCC)cc(N(C)C)n1. The first-order chi connectivity index (χ1) is 7.17. The van der Waals surface area contributed by atoms with Crippen LogP contribution >= 0.6 is 0 Å². The number of hydrogen-bond donors (Lipinski definition) is 1. The normalized spacial score (nSPS) is 10.1. The van der Waals surface area contributed by atoms with Crippen LogP contribution in [-0.4, -0.2) is 30.6 Å². The number of nitrogens with zero attached hydrogens (tertiary/aromatic N) is 3. The van der Waals surface area contributed by atoms with Crippen molar-refractivity contribution in [1.82, 2.24) is 9.97 Å². The van der Waals surface area contributed by atoms with Crippen LogP contribution in [0.25, 0.3) is 0 Å². The van der Waals surface area contributed by atoms with Gasteiger partial charge in [0.05, 0.1) is 0 Å². The third kappa shape index (κ3) is 3.38. The molecule has 0 aliphatic carbocycles. The molecule has 0 spiro atoms. The zero-order valence-electron chi connectivity index (χ0n) is 10.0. The fraction of sp³-hybridized carbons (Fsp3) is 0.636. The van der Waals surface area contributed by atoms with Gasteiger partial charge in [-0.3, -0.25) is 0 Å². The molecule has 0 bridgehead atoms. The van der Waals surface area contributed by atoms with Crippen molar-refractivity contribution in [2.45, 2.75) is 26.7 Å². The van der Waals surface area contributed by atoms with Crippen molar-refractivity contribution in [3.63, 3.8) is 0 Å². The van der Waals surface area contributed by atoms with Crippen LogP contribution in [0.2, 0.25) is 0 Å². The van der Waals surface area contributed by atoms with Crippen molar-refractivity contribution in [2.24, 2.45) is 0 Å². The quantitative estimate of drug-likeness (QED) is 0.802. The van der Waals surface area contributed by atoms with Gasteiger partial charge in [-0.1, -0.05) is 6.92 Å². The van der Waals surface area contributed by atoms with Crippen LogP contribution in [0, 0.1) is 0 Å². The summed E-state index contributed by atoms with van der Waals surface area (Å²) < 4.78 is 0. The lowest BCUT2D eigenvalue weighted by molar-refractivity contribution is 0.828. The number of aryl methyl sites for hydroxylation is 1. The minimum atomic E-state index is 0.884. The van der Waals surface area contributed by atoms with Crippen LogP contribution in [0.4, 0.5) is 11.6 Å². The highest BCUT2D eigenvalue weighted by Crippen LogP contribution is 2.14. The molecule has 4 nitrogen and oxygen atoms in total. The highest BCUT2D eigenvalue weighted by Gasteiger charge is 2.04. The fourth-order valence-corrected chi connectivity index (χ4v) is 1.32. The monoisotopic (exact) mass is 208 g/mol. The van der Waals surface area contributed by atoms with Crippen molar-refractivity contribution in [3.05, 3.63) is 11.9 Å². The van der Waals surface area contributed by atoms with Crippen LogP contribution in [0.15, 0.2) is 6.07 Å². The van der Waals surface area contributed by atoms with Gasteiger partial charge in [0, 0.05) is 33.1 Å². The molecule has 84 valence electrons. The third-order valence-corrected chi connectivity index (χ3v) is 2.05. The van der Waals surface area contributed by atoms with E-state index in [1.54, 1.807) is 0 Å². The predicted octanol–water partition coefficient (Wildman–Crippen LogP) is 1.93. The van der Waals surface area contributed by atoms with E-state index in [4.69, 9.17) is 0 Å². The molecule has 4 heteroatoms. The van der Waals surface area contributed by atoms with Gasteiger partial charge < -0.3 is 10.2 Å². The molecule has 15 heavy (non-hydrogen) atoms. The summed E-state index contributed by atoms with van der Waals surface area (Å²) in [5.41, 5.74) is 0. The molecule has 1 rings (SSSR count). The maximum absolute atomic E-state index is 4.48. The Bertz CT molecular complexity index is 285. The van der Waals surface area contributed by atoms with Crippen LogP contribution in [-0.2, 0) is 6.42 Å². The summed E-state index contributed by atoms with van der Waals surface area (Å²) in [4.78, 5) is 10.9. The van der Waals surface area contributed by atoms with Gasteiger partial charge in [-0.25, -0.2) is 9.97 Å². The highest BCUT2D eigenvalue weighted by molar-refractivity contribution is 5.48. The van der Waals surface area contributed by atoms with Crippen LogP contribution in [0.5, 0.6) is 0 Å². The van der Waals surface area contributed by atoms with E-state index < -0.39 is 0 Å². The van der Waals surface area contributed by atoms with Gasteiger partial charge in [0.2, 0.25) is 0 Å². The molecule has 0 aromatic carbocycles. The Morgan fingerprint density at radius 2 is 2.00 bits per heavy atom. The Kier molecular flexibility index (Phi) is 4.34. The van der Waals surface area contributed by atoms with Crippen molar-refractivity contribution in [2.75, 3.05) is 30.9 Å². The van der Waals surface area contributed by atoms with Gasteiger partial charge in [0.1, 0.15) is 17.5 Å². The maximum Gasteiger partial charge on any atom is 0.133 e. The van der Waals surface area contributed by atoms with E-state index in [-0.39, 0.29) is 0 Å². The number of hydrogen-bond acceptors (Lipinski definition) is 4. The fourth-order valence-electron chi connectivity index (χ4n) is 1.32. The van der Waals surface area contributed by atoms with Crippen LogP contribution in [0.3, 0.4) is 0 Å². The second-order valence-electron chi connectivity index (χ2n) is 3.70. The highest BCUT2D eigenvalue weighted by atomic mass is 15.2. The second kappa shape index (κ2) is 5.53. The lowest BCUT2D eigenvalue weighted by Crippen LogP contribution is -2.14. The standard InChI is InChI=1S/C11H20N4/c1-5-7-9-13-10(12-6-2)8-11(14-9)15(3)4/h8H,5-7H2,1-4H3,(H,12,13,14). The average Bonchev–Trinajstić information content (AvgIpc) is 2.18. The number of rotatable bonds is 5. The predicted molar refractivity (Wildman–Crippen MR) is 64.5 cm³/mol. The van der Waals surface area contributed by atoms with E-state index in [1.165, 1.54) is 0 Å². The molecule has 0 aliphatic rings. The zero-order chi connectivity index (χ0) is 11.3. The van der Waals surface area contributed by atoms with E-state index in [0.717, 1.165) is 36.8 Å². The Hall–Kier alpha value is -1.32. The molecule has 0 saturated heterocycles. The summed E-state index contributed by atoms with van der Waals surface area (Å²) in [6.07, 6.45) is 2.00. The summed E-state index contributed by atoms with van der Waals surface area (Å²) in [7, 11) is 3.99. The molecule has 0 atom stereocenters. The molecule has 0 aliphatic heterocycles. The van der Waals surface area contributed by atoms with E-state index in [2.05, 4.69) is 29.1 Å². The Morgan fingerprint density at radius 3 is 2.53 bits per heavy atom. The van der Waals surface area contributed by atoms with Crippen LogP contribution < -0.4 is 10.2 Å². The largest absolute Gasteiger partial charge is 0.370 e. The Balaban J connectivity index is 2.97. The molecular weight excluding hydrogens is 188 g/mol. The maximum atomic E-state index is 4.48. The van der Waals surface area contributed by atoms with E-state index >= 15 is 0 Å². The molecule has 0 radical (unpaired) electrons. The summed E-state index contributed by atoms with van der Waals surface area (Å²) in [6, 6.07) is 1.97. The van der Waals surface area contributed by atoms with Gasteiger partial charge >= 0.3 is 0 Å². The van der Waals surface area contributed by atoms with Crippen molar-refractivity contribution in [1.29, 1.82) is 0 Å². The summed E-state index contributed by atoms with van der Waals surface area (Å²) in [5, 5.41) is 3.22. The molecule has 0 amide bonds. The molecule has 0 saturated carbocycles. The second-order valence-corrected chi connectivity index (χ2v) is 3.70. The third-order valence-electron chi connectivity index (χ3n) is 2.05. The molecule has 0 fully saturated rings. The number of nitrogens with one attached hydrogen (secondary N) is 1. The van der Waals surface area contributed by atoms with Crippen molar-refractivity contribution in [3.8, 4) is 0 Å². The minimum absolute atomic E-state index is 0.884. The molecule has 1 aromatic rings. The first-order valence-corrected chi connectivity index (χ1v) is 5.46. The smallest absolute Gasteiger partial charge is 0.133 e. The van der Waals surface area contributed by atoms with Crippen LogP contribution in [0.1, 0.15) is 26.1 Å². The number of anilines is 2. The molecule has 1 heterocycles. The van der Waals surface area contributed by atoms with Gasteiger partial charge in [-0.2, -0.15) is 0 Å². The first-order valence-electron chi connectivity index (χ1n) is 5.46. The van der Waals surface area contributed by atoms with E-state index in [0.29, 0.717) is 0 Å². The Labute approximate surface area is 91.7 Å². The molecule has 1 aromatic heterocycles. The molecule has 1 N–H and O–H groups in total. The summed E-state index contributed by atoms with van der Waals surface area (Å²) in [5.74, 6) is 2.80. The van der Waals surface area contributed by atoms with Gasteiger partial charge in [-0.15, -0.1) is 0 Å². The van der Waals surface area contributed by atoms with E-state index in [9.17, 15) is 0 Å². The molecule has 0 unspecified atom stereocenters. The molecular formula is C11H20N4. The summed E-state index contributed by atoms with van der Waals surface area (Å²) in [6.45, 7) is 5.09. The van der Waals surface area contributed by atoms with Gasteiger partial charge in [-0.05, 0) is 13.3 Å². The average molecular weight is 208 g/mol. The first kappa shape index (κ1) is 11.8. The minimum Gasteiger partial charge on any atom is -0.370 e. The number of aromatic nitrogens is 2.